The fraction of sp³-hybridized carbons (Fsp3) is 0.333. The number of esters is 1. The largest absolute Gasteiger partial charge is 0.480 e. The van der Waals surface area contributed by atoms with E-state index in [2.05, 4.69) is 5.32 Å². The van der Waals surface area contributed by atoms with E-state index in [1.54, 1.807) is 30.3 Å². The van der Waals surface area contributed by atoms with Crippen molar-refractivity contribution in [2.45, 2.75) is 25.4 Å². The zero-order valence-electron chi connectivity index (χ0n) is 12.2. The number of carboxylic acids is 2. The van der Waals surface area contributed by atoms with Crippen molar-refractivity contribution in [1.82, 2.24) is 5.32 Å². The Kier molecular flexibility index (Phi) is 7.25. The molecule has 23 heavy (non-hydrogen) atoms. The van der Waals surface area contributed by atoms with Gasteiger partial charge in [0.2, 0.25) is 12.0 Å². The molecule has 1 unspecified atom stereocenters. The van der Waals surface area contributed by atoms with Gasteiger partial charge in [0.1, 0.15) is 6.54 Å². The second kappa shape index (κ2) is 9.19. The van der Waals surface area contributed by atoms with Crippen molar-refractivity contribution in [2.75, 3.05) is 6.54 Å². The van der Waals surface area contributed by atoms with Crippen molar-refractivity contribution in [1.29, 1.82) is 0 Å². The maximum Gasteiger partial charge on any atom is 0.345 e. The van der Waals surface area contributed by atoms with Gasteiger partial charge in [-0.25, -0.2) is 4.79 Å². The molecule has 0 bridgehead atoms. The molecule has 0 aliphatic carbocycles. The lowest BCUT2D eigenvalue weighted by atomic mass is 10.1. The molecule has 0 aliphatic rings. The smallest absolute Gasteiger partial charge is 0.345 e. The fourth-order valence-corrected chi connectivity index (χ4v) is 1.70. The molecule has 1 atom stereocenters. The lowest BCUT2D eigenvalue weighted by molar-refractivity contribution is -0.164. The Morgan fingerprint density at radius 2 is 1.70 bits per heavy atom. The van der Waals surface area contributed by atoms with Gasteiger partial charge in [0.25, 0.3) is 0 Å². The van der Waals surface area contributed by atoms with Gasteiger partial charge in [-0.2, -0.15) is 0 Å². The minimum atomic E-state index is -1.34. The van der Waals surface area contributed by atoms with Crippen LogP contribution in [-0.4, -0.2) is 46.7 Å². The number of amides is 1. The number of ether oxygens (including phenoxy) is 1. The molecular formula is C15H17NO7. The molecule has 8 heteroatoms. The Balaban J connectivity index is 2.44. The first-order chi connectivity index (χ1) is 10.9. The molecule has 0 saturated heterocycles. The van der Waals surface area contributed by atoms with Crippen molar-refractivity contribution in [3.05, 3.63) is 35.9 Å². The molecule has 0 aliphatic heterocycles. The highest BCUT2D eigenvalue weighted by Crippen LogP contribution is 2.08. The first-order valence-corrected chi connectivity index (χ1v) is 6.83. The van der Waals surface area contributed by atoms with Crippen LogP contribution >= 0.6 is 0 Å². The summed E-state index contributed by atoms with van der Waals surface area (Å²) in [5.74, 6) is -3.94. The van der Waals surface area contributed by atoms with E-state index in [1.165, 1.54) is 0 Å². The lowest BCUT2D eigenvalue weighted by Crippen LogP contribution is -2.31. The Morgan fingerprint density at radius 3 is 2.26 bits per heavy atom. The molecular weight excluding hydrogens is 306 g/mol. The van der Waals surface area contributed by atoms with Crippen LogP contribution < -0.4 is 5.32 Å². The molecule has 0 spiro atoms. The maximum atomic E-state index is 11.6. The van der Waals surface area contributed by atoms with Crippen LogP contribution in [0.25, 0.3) is 0 Å². The summed E-state index contributed by atoms with van der Waals surface area (Å²) in [6, 6.07) is 8.68. The molecule has 0 saturated carbocycles. The summed E-state index contributed by atoms with van der Waals surface area (Å²) in [4.78, 5) is 44.3. The molecule has 0 heterocycles. The molecule has 1 aromatic rings. The standard InChI is InChI=1S/C15H17NO7/c17-12(16-9-13(18)19)6-7-14(20)23-11(15(21)22)8-10-4-2-1-3-5-10/h1-5,11H,6-9H2,(H,16,17)(H,18,19)(H,21,22). The molecule has 3 N–H and O–H groups in total. The second-order valence-electron chi connectivity index (χ2n) is 4.68. The van der Waals surface area contributed by atoms with Gasteiger partial charge in [-0.05, 0) is 5.56 Å². The van der Waals surface area contributed by atoms with Crippen LogP contribution in [-0.2, 0) is 30.3 Å². The van der Waals surface area contributed by atoms with E-state index < -0.39 is 36.5 Å². The van der Waals surface area contributed by atoms with Gasteiger partial charge in [-0.1, -0.05) is 30.3 Å². The molecule has 1 amide bonds. The summed E-state index contributed by atoms with van der Waals surface area (Å²) in [6.45, 7) is -0.542. The third-order valence-corrected chi connectivity index (χ3v) is 2.81. The highest BCUT2D eigenvalue weighted by atomic mass is 16.6. The first kappa shape index (κ1) is 18.1. The molecule has 0 fully saturated rings. The van der Waals surface area contributed by atoms with Crippen LogP contribution in [0.2, 0.25) is 0 Å². The van der Waals surface area contributed by atoms with E-state index in [4.69, 9.17) is 14.9 Å². The number of hydrogen-bond donors (Lipinski definition) is 3. The van der Waals surface area contributed by atoms with Crippen LogP contribution in [0.15, 0.2) is 30.3 Å². The van der Waals surface area contributed by atoms with Gasteiger partial charge in [0.15, 0.2) is 0 Å². The molecule has 0 radical (unpaired) electrons. The maximum absolute atomic E-state index is 11.6. The van der Waals surface area contributed by atoms with Crippen LogP contribution in [0.3, 0.4) is 0 Å². The Hall–Kier alpha value is -2.90. The lowest BCUT2D eigenvalue weighted by Gasteiger charge is -2.13. The molecule has 8 nitrogen and oxygen atoms in total. The Labute approximate surface area is 132 Å². The van der Waals surface area contributed by atoms with Crippen LogP contribution in [0.4, 0.5) is 0 Å². The Bertz CT molecular complexity index is 570. The SMILES string of the molecule is O=C(O)CNC(=O)CCC(=O)OC(Cc1ccccc1)C(=O)O. The van der Waals surface area contributed by atoms with E-state index in [-0.39, 0.29) is 19.3 Å². The Morgan fingerprint density at radius 1 is 1.04 bits per heavy atom. The average molecular weight is 323 g/mol. The summed E-state index contributed by atoms with van der Waals surface area (Å²) in [7, 11) is 0. The third kappa shape index (κ3) is 7.60. The summed E-state index contributed by atoms with van der Waals surface area (Å²) < 4.78 is 4.86. The van der Waals surface area contributed by atoms with Crippen LogP contribution in [0.1, 0.15) is 18.4 Å². The van der Waals surface area contributed by atoms with E-state index in [1.807, 2.05) is 0 Å². The predicted molar refractivity (Wildman–Crippen MR) is 77.5 cm³/mol. The van der Waals surface area contributed by atoms with Gasteiger partial charge < -0.3 is 20.3 Å². The first-order valence-electron chi connectivity index (χ1n) is 6.83. The zero-order chi connectivity index (χ0) is 17.2. The summed E-state index contributed by atoms with van der Waals surface area (Å²) in [6.07, 6.45) is -1.92. The van der Waals surface area contributed by atoms with Gasteiger partial charge >= 0.3 is 17.9 Å². The van der Waals surface area contributed by atoms with Crippen LogP contribution in [0, 0.1) is 0 Å². The molecule has 0 aromatic heterocycles. The summed E-state index contributed by atoms with van der Waals surface area (Å²) in [5, 5.41) is 19.6. The van der Waals surface area contributed by atoms with Crippen molar-refractivity contribution in [3.63, 3.8) is 0 Å². The average Bonchev–Trinajstić information content (AvgIpc) is 2.51. The van der Waals surface area contributed by atoms with E-state index in [0.29, 0.717) is 5.56 Å². The number of nitrogens with one attached hydrogen (secondary N) is 1. The molecule has 124 valence electrons. The quantitative estimate of drug-likeness (QED) is 0.554. The zero-order valence-corrected chi connectivity index (χ0v) is 12.2. The summed E-state index contributed by atoms with van der Waals surface area (Å²) in [5.41, 5.74) is 0.701. The number of carboxylic acid groups (broad SMARTS) is 2. The van der Waals surface area contributed by atoms with Crippen molar-refractivity contribution >= 4 is 23.8 Å². The van der Waals surface area contributed by atoms with Gasteiger partial charge in [-0.15, -0.1) is 0 Å². The molecule has 1 rings (SSSR count). The number of aliphatic carboxylic acids is 2. The van der Waals surface area contributed by atoms with E-state index in [9.17, 15) is 19.2 Å². The third-order valence-electron chi connectivity index (χ3n) is 2.81. The fourth-order valence-electron chi connectivity index (χ4n) is 1.70. The highest BCUT2D eigenvalue weighted by Gasteiger charge is 2.23. The molecule has 1 aromatic carbocycles. The number of carbonyl (C=O) groups is 4. The minimum Gasteiger partial charge on any atom is -0.480 e. The summed E-state index contributed by atoms with van der Waals surface area (Å²) >= 11 is 0. The number of rotatable bonds is 9. The topological polar surface area (TPSA) is 130 Å². The monoisotopic (exact) mass is 323 g/mol. The normalized spacial score (nSPS) is 11.3. The number of benzene rings is 1. The predicted octanol–water partition coefficient (Wildman–Crippen LogP) is 0.206. The highest BCUT2D eigenvalue weighted by molar-refractivity contribution is 5.85. The van der Waals surface area contributed by atoms with Gasteiger partial charge in [0, 0.05) is 12.8 Å². The van der Waals surface area contributed by atoms with Crippen LogP contribution in [0.5, 0.6) is 0 Å². The second-order valence-corrected chi connectivity index (χ2v) is 4.68. The van der Waals surface area contributed by atoms with Crippen molar-refractivity contribution < 1.29 is 34.1 Å². The number of carbonyl (C=O) groups excluding carboxylic acids is 2. The number of hydrogen-bond acceptors (Lipinski definition) is 5. The van der Waals surface area contributed by atoms with Gasteiger partial charge in [-0.3, -0.25) is 14.4 Å². The van der Waals surface area contributed by atoms with Gasteiger partial charge in [0.05, 0.1) is 6.42 Å². The van der Waals surface area contributed by atoms with E-state index >= 15 is 0 Å². The van der Waals surface area contributed by atoms with E-state index in [0.717, 1.165) is 0 Å². The van der Waals surface area contributed by atoms with Crippen molar-refractivity contribution in [3.8, 4) is 0 Å². The van der Waals surface area contributed by atoms with Crippen molar-refractivity contribution in [2.24, 2.45) is 0 Å². The minimum absolute atomic E-state index is 0.0210.